The summed E-state index contributed by atoms with van der Waals surface area (Å²) in [6, 6.07) is 4.34. The van der Waals surface area contributed by atoms with Crippen molar-refractivity contribution in [3.05, 3.63) is 17.7 Å². The molecule has 0 bridgehead atoms. The van der Waals surface area contributed by atoms with Crippen molar-refractivity contribution in [3.8, 4) is 17.2 Å². The van der Waals surface area contributed by atoms with Crippen molar-refractivity contribution in [2.45, 2.75) is 18.6 Å². The van der Waals surface area contributed by atoms with Crippen LogP contribution in [-0.2, 0) is 4.74 Å². The van der Waals surface area contributed by atoms with Crippen LogP contribution >= 0.6 is 0 Å². The van der Waals surface area contributed by atoms with Crippen LogP contribution in [0.5, 0.6) is 17.2 Å². The van der Waals surface area contributed by atoms with Gasteiger partial charge in [-0.3, -0.25) is 4.90 Å². The molecule has 1 fully saturated rings. The Morgan fingerprint density at radius 1 is 1.09 bits per heavy atom. The molecule has 1 aromatic carbocycles. The fourth-order valence-electron chi connectivity index (χ4n) is 3.58. The molecule has 3 aliphatic heterocycles. The molecule has 2 atom stereocenters. The summed E-state index contributed by atoms with van der Waals surface area (Å²) in [7, 11) is 4.23. The number of nitrogens with zero attached hydrogens (tertiary/aromatic N) is 2. The number of fused-ring (bicyclic) bond motifs is 4. The number of likely N-dealkylation sites (N-methyl/N-ethyl adjacent to an activating group) is 1. The fourth-order valence-corrected chi connectivity index (χ4v) is 3.58. The van der Waals surface area contributed by atoms with Crippen LogP contribution in [0.15, 0.2) is 12.1 Å². The Morgan fingerprint density at radius 2 is 1.91 bits per heavy atom. The molecule has 1 saturated heterocycles. The highest BCUT2D eigenvalue weighted by Gasteiger charge is 2.37. The van der Waals surface area contributed by atoms with Gasteiger partial charge >= 0.3 is 0 Å². The van der Waals surface area contributed by atoms with E-state index in [1.54, 1.807) is 0 Å². The van der Waals surface area contributed by atoms with Gasteiger partial charge in [0.2, 0.25) is 6.79 Å². The minimum Gasteiger partial charge on any atom is -0.493 e. The smallest absolute Gasteiger partial charge is 0.231 e. The van der Waals surface area contributed by atoms with Gasteiger partial charge in [0.05, 0.1) is 13.2 Å². The lowest BCUT2D eigenvalue weighted by Crippen LogP contribution is -2.49. The highest BCUT2D eigenvalue weighted by atomic mass is 16.7. The molecule has 1 aromatic rings. The summed E-state index contributed by atoms with van der Waals surface area (Å²) in [5, 5.41) is 0. The van der Waals surface area contributed by atoms with Crippen LogP contribution in [0.3, 0.4) is 0 Å². The van der Waals surface area contributed by atoms with Gasteiger partial charge in [0.15, 0.2) is 11.5 Å². The summed E-state index contributed by atoms with van der Waals surface area (Å²) in [4.78, 5) is 4.76. The molecule has 6 nitrogen and oxygen atoms in total. The van der Waals surface area contributed by atoms with Crippen molar-refractivity contribution in [1.82, 2.24) is 9.80 Å². The maximum absolute atomic E-state index is 6.15. The number of hydrogen-bond acceptors (Lipinski definition) is 6. The fraction of sp³-hybridized carbons (Fsp3) is 0.647. The predicted molar refractivity (Wildman–Crippen MR) is 85.3 cm³/mol. The predicted octanol–water partition coefficient (Wildman–Crippen LogP) is 1.50. The van der Waals surface area contributed by atoms with E-state index in [1.807, 2.05) is 12.1 Å². The molecule has 0 N–H and O–H groups in total. The van der Waals surface area contributed by atoms with Crippen molar-refractivity contribution < 1.29 is 18.9 Å². The molecular weight excluding hydrogens is 296 g/mol. The minimum absolute atomic E-state index is 0.0397. The highest BCUT2D eigenvalue weighted by Crippen LogP contribution is 2.45. The number of ether oxygens (including phenoxy) is 4. The van der Waals surface area contributed by atoms with Crippen molar-refractivity contribution in [2.75, 3.05) is 53.7 Å². The van der Waals surface area contributed by atoms with Crippen LogP contribution in [0.4, 0.5) is 0 Å². The first-order chi connectivity index (χ1) is 11.2. The van der Waals surface area contributed by atoms with Gasteiger partial charge in [-0.1, -0.05) is 0 Å². The Hall–Kier alpha value is -1.50. The average Bonchev–Trinajstić information content (AvgIpc) is 2.92. The lowest BCUT2D eigenvalue weighted by Gasteiger charge is -2.40. The standard InChI is InChI=1S/C17H24N2O4/c1-18(2)4-5-19-6-8-21-17-12-9-15-16(23-11-22-15)10-14(12)20-7-3-13(17)19/h9-10,13,17H,3-8,11H2,1-2H3. The summed E-state index contributed by atoms with van der Waals surface area (Å²) in [5.74, 6) is 2.43. The van der Waals surface area contributed by atoms with Gasteiger partial charge in [0, 0.05) is 37.3 Å². The van der Waals surface area contributed by atoms with Gasteiger partial charge in [0.25, 0.3) is 0 Å². The third-order valence-corrected chi connectivity index (χ3v) is 4.81. The zero-order chi connectivity index (χ0) is 15.8. The molecule has 0 radical (unpaired) electrons. The quantitative estimate of drug-likeness (QED) is 0.841. The largest absolute Gasteiger partial charge is 0.493 e. The summed E-state index contributed by atoms with van der Waals surface area (Å²) in [6.07, 6.45) is 1.01. The van der Waals surface area contributed by atoms with Gasteiger partial charge in [0.1, 0.15) is 11.9 Å². The Balaban J connectivity index is 1.62. The summed E-state index contributed by atoms with van der Waals surface area (Å²) < 4.78 is 23.1. The number of rotatable bonds is 3. The molecular formula is C17H24N2O4. The second-order valence-electron chi connectivity index (χ2n) is 6.58. The van der Waals surface area contributed by atoms with E-state index in [9.17, 15) is 0 Å². The third kappa shape index (κ3) is 2.86. The third-order valence-electron chi connectivity index (χ3n) is 4.81. The molecule has 126 valence electrons. The zero-order valence-electron chi connectivity index (χ0n) is 13.8. The van der Waals surface area contributed by atoms with Crippen LogP contribution in [-0.4, -0.2) is 69.6 Å². The normalized spacial score (nSPS) is 26.4. The topological polar surface area (TPSA) is 43.4 Å². The molecule has 23 heavy (non-hydrogen) atoms. The maximum atomic E-state index is 6.15. The van der Waals surface area contributed by atoms with Gasteiger partial charge < -0.3 is 23.8 Å². The Kier molecular flexibility index (Phi) is 4.05. The van der Waals surface area contributed by atoms with E-state index in [0.29, 0.717) is 12.6 Å². The average molecular weight is 320 g/mol. The molecule has 3 heterocycles. The number of hydrogen-bond donors (Lipinski definition) is 0. The second-order valence-corrected chi connectivity index (χ2v) is 6.58. The molecule has 6 heteroatoms. The summed E-state index contributed by atoms with van der Waals surface area (Å²) >= 11 is 0. The van der Waals surface area contributed by atoms with Gasteiger partial charge in [-0.2, -0.15) is 0 Å². The Labute approximate surface area is 136 Å². The Bertz CT molecular complexity index is 578. The van der Waals surface area contributed by atoms with E-state index in [2.05, 4.69) is 23.9 Å². The lowest BCUT2D eigenvalue weighted by atomic mass is 9.96. The maximum Gasteiger partial charge on any atom is 0.231 e. The molecule has 4 rings (SSSR count). The molecule has 0 spiro atoms. The van der Waals surface area contributed by atoms with Crippen LogP contribution in [0.2, 0.25) is 0 Å². The van der Waals surface area contributed by atoms with Crippen LogP contribution < -0.4 is 14.2 Å². The van der Waals surface area contributed by atoms with E-state index < -0.39 is 0 Å². The summed E-state index contributed by atoms with van der Waals surface area (Å²) in [6.45, 7) is 4.82. The minimum atomic E-state index is 0.0397. The van der Waals surface area contributed by atoms with Crippen molar-refractivity contribution in [3.63, 3.8) is 0 Å². The van der Waals surface area contributed by atoms with Gasteiger partial charge in [-0.15, -0.1) is 0 Å². The first-order valence-corrected chi connectivity index (χ1v) is 8.29. The van der Waals surface area contributed by atoms with Crippen LogP contribution in [0, 0.1) is 0 Å². The van der Waals surface area contributed by atoms with Crippen molar-refractivity contribution in [1.29, 1.82) is 0 Å². The van der Waals surface area contributed by atoms with E-state index in [-0.39, 0.29) is 12.9 Å². The Morgan fingerprint density at radius 3 is 2.74 bits per heavy atom. The van der Waals surface area contributed by atoms with Crippen molar-refractivity contribution >= 4 is 0 Å². The second kappa shape index (κ2) is 6.19. The molecule has 0 amide bonds. The molecule has 0 aliphatic carbocycles. The first kappa shape index (κ1) is 15.1. The van der Waals surface area contributed by atoms with Crippen LogP contribution in [0.1, 0.15) is 18.1 Å². The van der Waals surface area contributed by atoms with E-state index in [1.165, 1.54) is 0 Å². The molecule has 2 unspecified atom stereocenters. The van der Waals surface area contributed by atoms with Gasteiger partial charge in [-0.25, -0.2) is 0 Å². The highest BCUT2D eigenvalue weighted by molar-refractivity contribution is 5.53. The van der Waals surface area contributed by atoms with E-state index in [4.69, 9.17) is 18.9 Å². The van der Waals surface area contributed by atoms with Gasteiger partial charge in [-0.05, 0) is 26.6 Å². The SMILES string of the molecule is CN(C)CCN1CCOC2c3cc4c(cc3OCCC21)OCO4. The van der Waals surface area contributed by atoms with E-state index >= 15 is 0 Å². The summed E-state index contributed by atoms with van der Waals surface area (Å²) in [5.41, 5.74) is 1.09. The first-order valence-electron chi connectivity index (χ1n) is 8.29. The zero-order valence-corrected chi connectivity index (χ0v) is 13.8. The lowest BCUT2D eigenvalue weighted by molar-refractivity contribution is -0.0754. The molecule has 3 aliphatic rings. The van der Waals surface area contributed by atoms with Crippen molar-refractivity contribution in [2.24, 2.45) is 0 Å². The molecule has 0 saturated carbocycles. The number of morpholine rings is 1. The molecule has 0 aromatic heterocycles. The van der Waals surface area contributed by atoms with E-state index in [0.717, 1.165) is 55.5 Å². The van der Waals surface area contributed by atoms with Crippen LogP contribution in [0.25, 0.3) is 0 Å². The number of benzene rings is 1. The monoisotopic (exact) mass is 320 g/mol.